The van der Waals surface area contributed by atoms with Crippen LogP contribution in [-0.2, 0) is 16.2 Å². The average molecular weight is 403 g/mol. The van der Waals surface area contributed by atoms with Crippen LogP contribution < -0.4 is 20.2 Å². The van der Waals surface area contributed by atoms with E-state index in [2.05, 4.69) is 15.8 Å². The summed E-state index contributed by atoms with van der Waals surface area (Å²) in [6, 6.07) is 23.6. The third-order valence-corrected chi connectivity index (χ3v) is 4.06. The van der Waals surface area contributed by atoms with E-state index in [4.69, 9.17) is 9.47 Å². The number of hydrogen-bond donors (Lipinski definition) is 2. The van der Waals surface area contributed by atoms with E-state index in [9.17, 15) is 9.59 Å². The summed E-state index contributed by atoms with van der Waals surface area (Å²) in [6.45, 7) is 0.446. The number of nitrogens with one attached hydrogen (secondary N) is 2. The van der Waals surface area contributed by atoms with Crippen molar-refractivity contribution in [1.82, 2.24) is 5.43 Å². The molecule has 2 N–H and O–H groups in total. The number of methoxy groups -OCH3 is 1. The first-order chi connectivity index (χ1) is 14.6. The Bertz CT molecular complexity index is 1000. The molecule has 0 radical (unpaired) electrons. The van der Waals surface area contributed by atoms with Gasteiger partial charge in [0.05, 0.1) is 13.3 Å². The van der Waals surface area contributed by atoms with Gasteiger partial charge in [0.2, 0.25) is 0 Å². The van der Waals surface area contributed by atoms with Crippen LogP contribution >= 0.6 is 0 Å². The Labute approximate surface area is 174 Å². The third kappa shape index (κ3) is 6.20. The van der Waals surface area contributed by atoms with Gasteiger partial charge < -0.3 is 14.8 Å². The van der Waals surface area contributed by atoms with E-state index in [0.717, 1.165) is 11.1 Å². The van der Waals surface area contributed by atoms with Gasteiger partial charge in [-0.3, -0.25) is 9.59 Å². The maximum absolute atomic E-state index is 12.0. The Balaban J connectivity index is 1.46. The number of hydrogen-bond acceptors (Lipinski definition) is 5. The number of nitrogens with zero attached hydrogens (tertiary/aromatic N) is 1. The van der Waals surface area contributed by atoms with Gasteiger partial charge in [0.1, 0.15) is 18.1 Å². The lowest BCUT2D eigenvalue weighted by Gasteiger charge is -2.08. The van der Waals surface area contributed by atoms with Crippen LogP contribution in [0.5, 0.6) is 11.5 Å². The van der Waals surface area contributed by atoms with Crippen molar-refractivity contribution in [2.45, 2.75) is 6.61 Å². The molecular weight excluding hydrogens is 382 g/mol. The van der Waals surface area contributed by atoms with Crippen molar-refractivity contribution in [3.05, 3.63) is 90.0 Å². The van der Waals surface area contributed by atoms with Gasteiger partial charge in [-0.25, -0.2) is 5.43 Å². The average Bonchev–Trinajstić information content (AvgIpc) is 2.79. The van der Waals surface area contributed by atoms with Gasteiger partial charge in [-0.05, 0) is 59.7 Å². The molecule has 7 heteroatoms. The number of amides is 2. The monoisotopic (exact) mass is 403 g/mol. The van der Waals surface area contributed by atoms with Crippen molar-refractivity contribution in [3.63, 3.8) is 0 Å². The van der Waals surface area contributed by atoms with Crippen LogP contribution in [0.15, 0.2) is 84.0 Å². The summed E-state index contributed by atoms with van der Waals surface area (Å²) >= 11 is 0. The van der Waals surface area contributed by atoms with Gasteiger partial charge in [-0.1, -0.05) is 30.3 Å². The summed E-state index contributed by atoms with van der Waals surface area (Å²) in [6.07, 6.45) is 1.43. The molecule has 0 saturated carbocycles. The fourth-order valence-corrected chi connectivity index (χ4v) is 2.47. The van der Waals surface area contributed by atoms with E-state index in [1.54, 1.807) is 55.6 Å². The Morgan fingerprint density at radius 1 is 0.867 bits per heavy atom. The molecule has 0 unspecified atom stereocenters. The number of hydrazone groups is 1. The summed E-state index contributed by atoms with van der Waals surface area (Å²) in [7, 11) is 1.58. The number of carbonyl (C=O) groups excluding carboxylic acids is 2. The molecule has 30 heavy (non-hydrogen) atoms. The molecule has 0 heterocycles. The van der Waals surface area contributed by atoms with Crippen LogP contribution in [0.25, 0.3) is 0 Å². The Morgan fingerprint density at radius 2 is 1.53 bits per heavy atom. The molecule has 3 aromatic carbocycles. The van der Waals surface area contributed by atoms with Gasteiger partial charge in [0, 0.05) is 5.69 Å². The summed E-state index contributed by atoms with van der Waals surface area (Å²) in [5.74, 6) is -0.318. The highest BCUT2D eigenvalue weighted by molar-refractivity contribution is 6.39. The molecule has 0 saturated heterocycles. The van der Waals surface area contributed by atoms with Crippen LogP contribution in [0.4, 0.5) is 5.69 Å². The molecule has 2 amide bonds. The molecule has 152 valence electrons. The minimum atomic E-state index is -0.871. The predicted molar refractivity (Wildman–Crippen MR) is 115 cm³/mol. The van der Waals surface area contributed by atoms with Crippen LogP contribution in [0.1, 0.15) is 11.1 Å². The lowest BCUT2D eigenvalue weighted by molar-refractivity contribution is -0.136. The van der Waals surface area contributed by atoms with E-state index in [0.29, 0.717) is 23.8 Å². The Morgan fingerprint density at radius 3 is 2.20 bits per heavy atom. The molecule has 0 aromatic heterocycles. The molecule has 0 aliphatic carbocycles. The van der Waals surface area contributed by atoms with Gasteiger partial charge >= 0.3 is 11.8 Å². The molecule has 0 bridgehead atoms. The first kappa shape index (κ1) is 20.6. The van der Waals surface area contributed by atoms with Crippen LogP contribution in [0.3, 0.4) is 0 Å². The highest BCUT2D eigenvalue weighted by Gasteiger charge is 2.12. The molecule has 3 aromatic rings. The quantitative estimate of drug-likeness (QED) is 0.360. The maximum atomic E-state index is 12.0. The second-order valence-electron chi connectivity index (χ2n) is 6.23. The minimum absolute atomic E-state index is 0.446. The second-order valence-corrected chi connectivity index (χ2v) is 6.23. The smallest absolute Gasteiger partial charge is 0.329 e. The Kier molecular flexibility index (Phi) is 7.16. The first-order valence-electron chi connectivity index (χ1n) is 9.19. The summed E-state index contributed by atoms with van der Waals surface area (Å²) in [4.78, 5) is 23.9. The molecule has 0 atom stereocenters. The number of carbonyl (C=O) groups is 2. The number of rotatable bonds is 7. The van der Waals surface area contributed by atoms with Crippen molar-refractivity contribution < 1.29 is 19.1 Å². The first-order valence-corrected chi connectivity index (χ1v) is 9.19. The van der Waals surface area contributed by atoms with E-state index < -0.39 is 11.8 Å². The summed E-state index contributed by atoms with van der Waals surface area (Å²) < 4.78 is 10.8. The Hall–Kier alpha value is -4.13. The summed E-state index contributed by atoms with van der Waals surface area (Å²) in [5, 5.41) is 6.29. The van der Waals surface area contributed by atoms with Gasteiger partial charge in [-0.15, -0.1) is 0 Å². The molecule has 0 aliphatic heterocycles. The van der Waals surface area contributed by atoms with E-state index >= 15 is 0 Å². The van der Waals surface area contributed by atoms with Crippen LogP contribution in [0.2, 0.25) is 0 Å². The molecule has 0 aliphatic rings. The maximum Gasteiger partial charge on any atom is 0.329 e. The minimum Gasteiger partial charge on any atom is -0.497 e. The van der Waals surface area contributed by atoms with E-state index in [-0.39, 0.29) is 0 Å². The van der Waals surface area contributed by atoms with Crippen molar-refractivity contribution in [3.8, 4) is 11.5 Å². The standard InChI is InChI=1S/C23H21N3O4/c1-29-20-11-7-17(8-12-20)15-24-26-23(28)22(27)25-19-9-13-21(14-10-19)30-16-18-5-3-2-4-6-18/h2-15H,16H2,1H3,(H,25,27)(H,26,28)/b24-15-. The lowest BCUT2D eigenvalue weighted by atomic mass is 10.2. The zero-order valence-corrected chi connectivity index (χ0v) is 16.4. The summed E-state index contributed by atoms with van der Waals surface area (Å²) in [5.41, 5.74) is 4.48. The lowest BCUT2D eigenvalue weighted by Crippen LogP contribution is -2.32. The van der Waals surface area contributed by atoms with Crippen molar-refractivity contribution in [2.24, 2.45) is 5.10 Å². The van der Waals surface area contributed by atoms with Gasteiger partial charge in [0.25, 0.3) is 0 Å². The number of ether oxygens (including phenoxy) is 2. The molecule has 0 fully saturated rings. The molecular formula is C23H21N3O4. The highest BCUT2D eigenvalue weighted by Crippen LogP contribution is 2.17. The normalized spacial score (nSPS) is 10.4. The molecule has 7 nitrogen and oxygen atoms in total. The molecule has 3 rings (SSSR count). The topological polar surface area (TPSA) is 89.0 Å². The van der Waals surface area contributed by atoms with Crippen molar-refractivity contribution >= 4 is 23.7 Å². The van der Waals surface area contributed by atoms with Crippen LogP contribution in [-0.4, -0.2) is 25.1 Å². The second kappa shape index (κ2) is 10.4. The number of benzene rings is 3. The largest absolute Gasteiger partial charge is 0.497 e. The predicted octanol–water partition coefficient (Wildman–Crippen LogP) is 3.36. The SMILES string of the molecule is COc1ccc(/C=N\NC(=O)C(=O)Nc2ccc(OCc3ccccc3)cc2)cc1. The van der Waals surface area contributed by atoms with E-state index in [1.807, 2.05) is 30.3 Å². The van der Waals surface area contributed by atoms with Crippen LogP contribution in [0, 0.1) is 0 Å². The fraction of sp³-hybridized carbons (Fsp3) is 0.0870. The van der Waals surface area contributed by atoms with Gasteiger partial charge in [0.15, 0.2) is 0 Å². The fourth-order valence-electron chi connectivity index (χ4n) is 2.47. The zero-order chi connectivity index (χ0) is 21.2. The zero-order valence-electron chi connectivity index (χ0n) is 16.4. The van der Waals surface area contributed by atoms with E-state index in [1.165, 1.54) is 6.21 Å². The molecule has 0 spiro atoms. The third-order valence-electron chi connectivity index (χ3n) is 4.06. The number of anilines is 1. The van der Waals surface area contributed by atoms with Gasteiger partial charge in [-0.2, -0.15) is 5.10 Å². The highest BCUT2D eigenvalue weighted by atomic mass is 16.5. The van der Waals surface area contributed by atoms with Crippen molar-refractivity contribution in [2.75, 3.05) is 12.4 Å². The van der Waals surface area contributed by atoms with Crippen molar-refractivity contribution in [1.29, 1.82) is 0 Å².